The second-order valence-electron chi connectivity index (χ2n) is 7.60. The lowest BCUT2D eigenvalue weighted by Crippen LogP contribution is -1.82. The molecule has 0 saturated carbocycles. The van der Waals surface area contributed by atoms with E-state index in [4.69, 9.17) is 9.47 Å². The van der Waals surface area contributed by atoms with E-state index in [2.05, 4.69) is 65.1 Å². The van der Waals surface area contributed by atoms with Gasteiger partial charge in [-0.3, -0.25) is 0 Å². The molecule has 0 aliphatic rings. The number of ether oxygens (including phenoxy) is 2. The van der Waals surface area contributed by atoms with Crippen LogP contribution in [0.5, 0.6) is 11.5 Å². The number of methoxy groups -OCH3 is 2. The summed E-state index contributed by atoms with van der Waals surface area (Å²) >= 11 is 0. The predicted molar refractivity (Wildman–Crippen MR) is 134 cm³/mol. The van der Waals surface area contributed by atoms with Crippen LogP contribution in [-0.2, 0) is 0 Å². The molecule has 1 heterocycles. The van der Waals surface area contributed by atoms with Crippen molar-refractivity contribution in [2.24, 2.45) is 0 Å². The minimum Gasteiger partial charge on any atom is -0.497 e. The zero-order chi connectivity index (χ0) is 22.6. The molecule has 3 nitrogen and oxygen atoms in total. The summed E-state index contributed by atoms with van der Waals surface area (Å²) in [6.07, 6.45) is 0. The molecule has 0 saturated heterocycles. The summed E-state index contributed by atoms with van der Waals surface area (Å²) in [5.74, 6) is 14.6. The third-order valence-corrected chi connectivity index (χ3v) is 5.48. The van der Waals surface area contributed by atoms with Gasteiger partial charge in [0.1, 0.15) is 11.5 Å². The van der Waals surface area contributed by atoms with Gasteiger partial charge in [0.15, 0.2) is 0 Å². The fraction of sp³-hybridized carbons (Fsp3) is 0.0667. The molecule has 3 heteroatoms. The fourth-order valence-corrected chi connectivity index (χ4v) is 3.70. The Kier molecular flexibility index (Phi) is 5.46. The number of aromatic nitrogens is 1. The standard InChI is InChI=1S/C30H21NO2/c1-32-25-13-7-21(8-14-25)3-5-23-11-17-27-28-18-12-24(20-30(28)31-29(27)19-23)6-4-22-9-15-26(33-2)16-10-22/h7-20,31H,1-2H3. The average Bonchev–Trinajstić information content (AvgIpc) is 3.23. The first-order valence-corrected chi connectivity index (χ1v) is 10.6. The fourth-order valence-electron chi connectivity index (χ4n) is 3.70. The van der Waals surface area contributed by atoms with E-state index in [1.807, 2.05) is 48.5 Å². The van der Waals surface area contributed by atoms with Gasteiger partial charge in [0.25, 0.3) is 0 Å². The van der Waals surface area contributed by atoms with E-state index in [1.165, 1.54) is 10.8 Å². The highest BCUT2D eigenvalue weighted by molar-refractivity contribution is 6.07. The first kappa shape index (κ1) is 20.3. The average molecular weight is 428 g/mol. The first-order chi connectivity index (χ1) is 16.2. The summed E-state index contributed by atoms with van der Waals surface area (Å²) in [7, 11) is 3.32. The molecular weight excluding hydrogens is 406 g/mol. The normalized spacial score (nSPS) is 10.2. The van der Waals surface area contributed by atoms with Gasteiger partial charge in [-0.1, -0.05) is 35.8 Å². The maximum Gasteiger partial charge on any atom is 0.118 e. The smallest absolute Gasteiger partial charge is 0.118 e. The van der Waals surface area contributed by atoms with Crippen molar-refractivity contribution in [3.63, 3.8) is 0 Å². The molecule has 0 radical (unpaired) electrons. The van der Waals surface area contributed by atoms with Gasteiger partial charge in [-0.2, -0.15) is 0 Å². The Bertz CT molecular complexity index is 1450. The molecule has 0 atom stereocenters. The third kappa shape index (κ3) is 4.40. The SMILES string of the molecule is COc1ccc(C#Cc2ccc3c(c2)[nH]c2cc(C#Cc4ccc(OC)cc4)ccc23)cc1. The molecule has 1 N–H and O–H groups in total. The van der Waals surface area contributed by atoms with Crippen molar-refractivity contribution in [2.75, 3.05) is 14.2 Å². The van der Waals surface area contributed by atoms with Crippen LogP contribution in [0.2, 0.25) is 0 Å². The van der Waals surface area contributed by atoms with Crippen molar-refractivity contribution < 1.29 is 9.47 Å². The third-order valence-electron chi connectivity index (χ3n) is 5.48. The highest BCUT2D eigenvalue weighted by atomic mass is 16.5. The molecule has 0 aliphatic carbocycles. The molecule has 0 amide bonds. The highest BCUT2D eigenvalue weighted by Gasteiger charge is 2.05. The Hall–Kier alpha value is -4.60. The van der Waals surface area contributed by atoms with E-state index < -0.39 is 0 Å². The van der Waals surface area contributed by atoms with E-state index >= 15 is 0 Å². The summed E-state index contributed by atoms with van der Waals surface area (Å²) in [5, 5.41) is 2.35. The molecule has 4 aromatic carbocycles. The lowest BCUT2D eigenvalue weighted by Gasteiger charge is -1.97. The Labute approximate surface area is 193 Å². The van der Waals surface area contributed by atoms with Crippen molar-refractivity contribution in [2.45, 2.75) is 0 Å². The molecule has 5 aromatic rings. The van der Waals surface area contributed by atoms with Gasteiger partial charge in [-0.25, -0.2) is 0 Å². The first-order valence-electron chi connectivity index (χ1n) is 10.6. The van der Waals surface area contributed by atoms with Crippen LogP contribution in [0.1, 0.15) is 22.3 Å². The van der Waals surface area contributed by atoms with Crippen LogP contribution in [0, 0.1) is 23.7 Å². The van der Waals surface area contributed by atoms with Crippen LogP contribution >= 0.6 is 0 Å². The Morgan fingerprint density at radius 2 is 0.848 bits per heavy atom. The second kappa shape index (κ2) is 8.87. The summed E-state index contributed by atoms with van der Waals surface area (Å²) in [5.41, 5.74) is 5.95. The molecule has 1 aromatic heterocycles. The highest BCUT2D eigenvalue weighted by Crippen LogP contribution is 2.27. The number of hydrogen-bond donors (Lipinski definition) is 1. The number of benzene rings is 4. The maximum absolute atomic E-state index is 5.20. The van der Waals surface area contributed by atoms with Crippen molar-refractivity contribution in [1.29, 1.82) is 0 Å². The van der Waals surface area contributed by atoms with Gasteiger partial charge in [0.2, 0.25) is 0 Å². The molecule has 0 unspecified atom stereocenters. The van der Waals surface area contributed by atoms with Crippen LogP contribution in [0.25, 0.3) is 21.8 Å². The lowest BCUT2D eigenvalue weighted by molar-refractivity contribution is 0.414. The van der Waals surface area contributed by atoms with Crippen LogP contribution < -0.4 is 9.47 Å². The molecule has 33 heavy (non-hydrogen) atoms. The van der Waals surface area contributed by atoms with E-state index in [0.717, 1.165) is 44.8 Å². The zero-order valence-electron chi connectivity index (χ0n) is 18.4. The minimum absolute atomic E-state index is 0.827. The minimum atomic E-state index is 0.827. The number of aromatic amines is 1. The molecule has 5 rings (SSSR count). The van der Waals surface area contributed by atoms with Crippen molar-refractivity contribution >= 4 is 21.8 Å². The van der Waals surface area contributed by atoms with Crippen molar-refractivity contribution in [3.8, 4) is 35.2 Å². The van der Waals surface area contributed by atoms with Gasteiger partial charge in [-0.05, 0) is 72.8 Å². The Morgan fingerprint density at radius 1 is 0.485 bits per heavy atom. The van der Waals surface area contributed by atoms with Crippen LogP contribution in [0.15, 0.2) is 84.9 Å². The van der Waals surface area contributed by atoms with E-state index in [0.29, 0.717) is 0 Å². The lowest BCUT2D eigenvalue weighted by atomic mass is 10.1. The Morgan fingerprint density at radius 3 is 1.24 bits per heavy atom. The molecule has 158 valence electrons. The summed E-state index contributed by atoms with van der Waals surface area (Å²) in [4.78, 5) is 3.52. The zero-order valence-corrected chi connectivity index (χ0v) is 18.4. The van der Waals surface area contributed by atoms with Crippen molar-refractivity contribution in [1.82, 2.24) is 4.98 Å². The van der Waals surface area contributed by atoms with Crippen LogP contribution in [0.4, 0.5) is 0 Å². The predicted octanol–water partition coefficient (Wildman–Crippen LogP) is 6.14. The van der Waals surface area contributed by atoms with Gasteiger partial charge in [-0.15, -0.1) is 0 Å². The summed E-state index contributed by atoms with van der Waals surface area (Å²) in [6.45, 7) is 0. The molecule has 0 spiro atoms. The summed E-state index contributed by atoms with van der Waals surface area (Å²) < 4.78 is 10.4. The van der Waals surface area contributed by atoms with Crippen LogP contribution in [0.3, 0.4) is 0 Å². The number of nitrogens with one attached hydrogen (secondary N) is 1. The Balaban J connectivity index is 1.42. The number of hydrogen-bond acceptors (Lipinski definition) is 2. The van der Waals surface area contributed by atoms with E-state index in [1.54, 1.807) is 14.2 Å². The quantitative estimate of drug-likeness (QED) is 0.344. The molecule has 0 bridgehead atoms. The van der Waals surface area contributed by atoms with Gasteiger partial charge in [0, 0.05) is 44.1 Å². The number of fused-ring (bicyclic) bond motifs is 3. The summed E-state index contributed by atoms with van der Waals surface area (Å²) in [6, 6.07) is 28.0. The maximum atomic E-state index is 5.20. The largest absolute Gasteiger partial charge is 0.497 e. The van der Waals surface area contributed by atoms with Gasteiger partial charge >= 0.3 is 0 Å². The van der Waals surface area contributed by atoms with Crippen molar-refractivity contribution in [3.05, 3.63) is 107 Å². The van der Waals surface area contributed by atoms with Gasteiger partial charge in [0.05, 0.1) is 14.2 Å². The topological polar surface area (TPSA) is 34.2 Å². The molecular formula is C30H21NO2. The number of H-pyrrole nitrogens is 1. The van der Waals surface area contributed by atoms with E-state index in [-0.39, 0.29) is 0 Å². The second-order valence-corrected chi connectivity index (χ2v) is 7.60. The molecule has 0 fully saturated rings. The van der Waals surface area contributed by atoms with Gasteiger partial charge < -0.3 is 14.5 Å². The van der Waals surface area contributed by atoms with Crippen LogP contribution in [-0.4, -0.2) is 19.2 Å². The monoisotopic (exact) mass is 427 g/mol. The van der Waals surface area contributed by atoms with E-state index in [9.17, 15) is 0 Å². The number of rotatable bonds is 2. The molecule has 0 aliphatic heterocycles.